The maximum Gasteiger partial charge on any atom is 0.332 e. The molecule has 0 saturated carbocycles. The predicted molar refractivity (Wildman–Crippen MR) is 121 cm³/mol. The summed E-state index contributed by atoms with van der Waals surface area (Å²) >= 11 is 12.2. The van der Waals surface area contributed by atoms with Crippen LogP contribution in [0.1, 0.15) is 12.5 Å². The first-order chi connectivity index (χ1) is 14.3. The summed E-state index contributed by atoms with van der Waals surface area (Å²) in [7, 11) is 1.64. The molecule has 1 aliphatic heterocycles. The number of hydrogen-bond acceptors (Lipinski definition) is 2. The number of carbonyl (C=O) groups excluding carboxylic acids is 2. The van der Waals surface area contributed by atoms with Crippen LogP contribution < -0.4 is 4.90 Å². The van der Waals surface area contributed by atoms with Crippen molar-refractivity contribution in [2.75, 3.05) is 11.9 Å². The summed E-state index contributed by atoms with van der Waals surface area (Å²) in [4.78, 5) is 28.9. The molecular weight excluding hydrogens is 419 g/mol. The van der Waals surface area contributed by atoms with E-state index in [0.29, 0.717) is 22.2 Å². The Hall–Kier alpha value is -2.82. The highest BCUT2D eigenvalue weighted by atomic mass is 35.5. The maximum atomic E-state index is 13.3. The molecule has 1 aliphatic rings. The number of imide groups is 1. The first-order valence-corrected chi connectivity index (χ1v) is 10.3. The van der Waals surface area contributed by atoms with E-state index in [1.807, 2.05) is 42.5 Å². The smallest absolute Gasteiger partial charge is 0.312 e. The minimum atomic E-state index is -1.01. The van der Waals surface area contributed by atoms with Gasteiger partial charge in [0.15, 0.2) is 0 Å². The zero-order chi connectivity index (χ0) is 21.5. The van der Waals surface area contributed by atoms with Crippen LogP contribution in [0.2, 0.25) is 10.0 Å². The summed E-state index contributed by atoms with van der Waals surface area (Å²) < 4.78 is 0. The lowest BCUT2D eigenvalue weighted by Crippen LogP contribution is -2.47. The molecule has 1 atom stereocenters. The van der Waals surface area contributed by atoms with Gasteiger partial charge in [-0.2, -0.15) is 0 Å². The van der Waals surface area contributed by atoms with E-state index in [1.54, 1.807) is 32.2 Å². The summed E-state index contributed by atoms with van der Waals surface area (Å²) in [5.41, 5.74) is 2.55. The van der Waals surface area contributed by atoms with Crippen LogP contribution in [0.5, 0.6) is 0 Å². The van der Waals surface area contributed by atoms with Gasteiger partial charge in [0.05, 0.1) is 5.69 Å². The summed E-state index contributed by atoms with van der Waals surface area (Å²) in [6.07, 6.45) is 0.397. The molecule has 1 saturated heterocycles. The summed E-state index contributed by atoms with van der Waals surface area (Å²) in [5.74, 6) is -0.305. The van der Waals surface area contributed by atoms with E-state index >= 15 is 0 Å². The van der Waals surface area contributed by atoms with Gasteiger partial charge in [0, 0.05) is 23.5 Å². The first-order valence-electron chi connectivity index (χ1n) is 9.52. The molecular formula is C24H20Cl2N2O2. The fraction of sp³-hybridized carbons (Fsp3) is 0.167. The van der Waals surface area contributed by atoms with Crippen molar-refractivity contribution in [3.05, 3.63) is 88.4 Å². The van der Waals surface area contributed by atoms with Crippen LogP contribution in [-0.2, 0) is 11.2 Å². The lowest BCUT2D eigenvalue weighted by molar-refractivity contribution is -0.123. The molecule has 0 radical (unpaired) electrons. The van der Waals surface area contributed by atoms with E-state index in [2.05, 4.69) is 12.1 Å². The normalized spacial score (nSPS) is 18.9. The Bertz CT molecular complexity index is 1100. The Morgan fingerprint density at radius 3 is 2.00 bits per heavy atom. The van der Waals surface area contributed by atoms with Crippen LogP contribution in [-0.4, -0.2) is 29.4 Å². The largest absolute Gasteiger partial charge is 0.332 e. The Morgan fingerprint density at radius 2 is 1.40 bits per heavy atom. The van der Waals surface area contributed by atoms with Gasteiger partial charge in [0.2, 0.25) is 0 Å². The molecule has 30 heavy (non-hydrogen) atoms. The molecule has 1 unspecified atom stereocenters. The first kappa shape index (κ1) is 20.5. The van der Waals surface area contributed by atoms with E-state index in [-0.39, 0.29) is 5.91 Å². The molecule has 0 bridgehead atoms. The van der Waals surface area contributed by atoms with Crippen LogP contribution in [0.4, 0.5) is 10.5 Å². The van der Waals surface area contributed by atoms with Crippen molar-refractivity contribution in [1.82, 2.24) is 4.90 Å². The van der Waals surface area contributed by atoms with E-state index in [0.717, 1.165) is 21.6 Å². The number of hydrogen-bond donors (Lipinski definition) is 0. The number of nitrogens with zero attached hydrogens (tertiary/aromatic N) is 2. The Labute approximate surface area is 185 Å². The predicted octanol–water partition coefficient (Wildman–Crippen LogP) is 6.06. The number of carbonyl (C=O) groups is 2. The zero-order valence-corrected chi connectivity index (χ0v) is 18.1. The van der Waals surface area contributed by atoms with Gasteiger partial charge in [0.1, 0.15) is 5.54 Å². The van der Waals surface area contributed by atoms with Crippen LogP contribution >= 0.6 is 23.2 Å². The molecule has 3 aromatic carbocycles. The van der Waals surface area contributed by atoms with Crippen molar-refractivity contribution < 1.29 is 9.59 Å². The van der Waals surface area contributed by atoms with Crippen LogP contribution in [0.15, 0.2) is 72.8 Å². The highest BCUT2D eigenvalue weighted by molar-refractivity contribution is 6.35. The Kier molecular flexibility index (Phi) is 5.31. The number of amides is 3. The van der Waals surface area contributed by atoms with Gasteiger partial charge in [0.25, 0.3) is 5.91 Å². The average molecular weight is 439 g/mol. The molecule has 4 nitrogen and oxygen atoms in total. The third-order valence-electron chi connectivity index (χ3n) is 5.60. The molecule has 0 N–H and O–H groups in total. The standard InChI is InChI=1S/C24H20Cl2N2O2/c1-24(15-16-8-10-18(11-9-16)17-6-4-3-5-7-17)22(29)28(23(30)27(24)2)21-13-19(25)12-20(26)14-21/h3-14H,15H2,1-2H3. The highest BCUT2D eigenvalue weighted by Crippen LogP contribution is 2.36. The van der Waals surface area contributed by atoms with Gasteiger partial charge in [-0.05, 0) is 41.8 Å². The molecule has 1 heterocycles. The number of anilines is 1. The summed E-state index contributed by atoms with van der Waals surface area (Å²) in [5, 5.41) is 0.733. The van der Waals surface area contributed by atoms with Crippen molar-refractivity contribution in [2.45, 2.75) is 18.9 Å². The average Bonchev–Trinajstić information content (AvgIpc) is 2.89. The molecule has 3 aromatic rings. The molecule has 3 amide bonds. The van der Waals surface area contributed by atoms with Gasteiger partial charge in [-0.15, -0.1) is 0 Å². The highest BCUT2D eigenvalue weighted by Gasteiger charge is 2.53. The monoisotopic (exact) mass is 438 g/mol. The second kappa shape index (κ2) is 7.78. The van der Waals surface area contributed by atoms with Gasteiger partial charge >= 0.3 is 6.03 Å². The van der Waals surface area contributed by atoms with E-state index in [4.69, 9.17) is 23.2 Å². The summed E-state index contributed by atoms with van der Waals surface area (Å²) in [6, 6.07) is 22.4. The number of likely N-dealkylation sites (N-methyl/N-ethyl adjacent to an activating group) is 1. The number of rotatable bonds is 4. The Balaban J connectivity index is 1.62. The van der Waals surface area contributed by atoms with Crippen molar-refractivity contribution >= 4 is 40.8 Å². The molecule has 0 aliphatic carbocycles. The molecule has 152 valence electrons. The topological polar surface area (TPSA) is 40.6 Å². The lowest BCUT2D eigenvalue weighted by Gasteiger charge is -2.28. The minimum absolute atomic E-state index is 0.305. The van der Waals surface area contributed by atoms with Gasteiger partial charge in [-0.3, -0.25) is 4.79 Å². The van der Waals surface area contributed by atoms with E-state index in [9.17, 15) is 9.59 Å². The molecule has 6 heteroatoms. The van der Waals surface area contributed by atoms with Crippen LogP contribution in [0, 0.1) is 0 Å². The fourth-order valence-corrected chi connectivity index (χ4v) is 4.28. The number of halogens is 2. The minimum Gasteiger partial charge on any atom is -0.312 e. The molecule has 0 spiro atoms. The molecule has 0 aromatic heterocycles. The fourth-order valence-electron chi connectivity index (χ4n) is 3.77. The molecule has 4 rings (SSSR count). The summed E-state index contributed by atoms with van der Waals surface area (Å²) in [6.45, 7) is 1.78. The van der Waals surface area contributed by atoms with Gasteiger partial charge in [-0.25, -0.2) is 9.69 Å². The third kappa shape index (κ3) is 3.57. The van der Waals surface area contributed by atoms with E-state index < -0.39 is 11.6 Å². The van der Waals surface area contributed by atoms with E-state index in [1.165, 1.54) is 4.90 Å². The second-order valence-corrected chi connectivity index (χ2v) is 8.50. The van der Waals surface area contributed by atoms with Gasteiger partial charge < -0.3 is 4.90 Å². The lowest BCUT2D eigenvalue weighted by atomic mass is 9.90. The second-order valence-electron chi connectivity index (χ2n) is 7.62. The number of benzene rings is 3. The quantitative estimate of drug-likeness (QED) is 0.464. The van der Waals surface area contributed by atoms with Crippen molar-refractivity contribution in [1.29, 1.82) is 0 Å². The van der Waals surface area contributed by atoms with Crippen molar-refractivity contribution in [3.63, 3.8) is 0 Å². The van der Waals surface area contributed by atoms with Crippen LogP contribution in [0.3, 0.4) is 0 Å². The van der Waals surface area contributed by atoms with Crippen LogP contribution in [0.25, 0.3) is 11.1 Å². The maximum absolute atomic E-state index is 13.3. The SMILES string of the molecule is CN1C(=O)N(c2cc(Cl)cc(Cl)c2)C(=O)C1(C)Cc1ccc(-c2ccccc2)cc1. The third-order valence-corrected chi connectivity index (χ3v) is 6.03. The molecule has 1 fully saturated rings. The number of urea groups is 1. The zero-order valence-electron chi connectivity index (χ0n) is 16.6. The Morgan fingerprint density at radius 1 is 0.833 bits per heavy atom. The van der Waals surface area contributed by atoms with Crippen molar-refractivity contribution in [3.8, 4) is 11.1 Å². The van der Waals surface area contributed by atoms with Gasteiger partial charge in [-0.1, -0.05) is 77.8 Å². The van der Waals surface area contributed by atoms with Crippen molar-refractivity contribution in [2.24, 2.45) is 0 Å².